The maximum absolute atomic E-state index is 12.8. The maximum Gasteiger partial charge on any atom is 0.260 e. The summed E-state index contributed by atoms with van der Waals surface area (Å²) in [6.45, 7) is 2.21. The van der Waals surface area contributed by atoms with Crippen LogP contribution in [0.25, 0.3) is 21.8 Å². The van der Waals surface area contributed by atoms with Gasteiger partial charge in [-0.25, -0.2) is 10.4 Å². The first-order valence-corrected chi connectivity index (χ1v) is 12.1. The summed E-state index contributed by atoms with van der Waals surface area (Å²) in [5.74, 6) is 1.16. The molecule has 1 aromatic heterocycles. The van der Waals surface area contributed by atoms with Crippen molar-refractivity contribution in [1.82, 2.24) is 15.0 Å². The fourth-order valence-electron chi connectivity index (χ4n) is 4.07. The van der Waals surface area contributed by atoms with Crippen molar-refractivity contribution in [3.63, 3.8) is 0 Å². The number of nitrogens with one attached hydrogen (secondary N) is 1. The average molecular weight is 543 g/mol. The number of ether oxygens (including phenoxy) is 1. The Morgan fingerprint density at radius 2 is 1.92 bits per heavy atom. The van der Waals surface area contributed by atoms with E-state index in [1.54, 1.807) is 6.07 Å². The van der Waals surface area contributed by atoms with Crippen molar-refractivity contribution in [3.05, 3.63) is 100 Å². The number of benzene rings is 4. The summed E-state index contributed by atoms with van der Waals surface area (Å²) in [6, 6.07) is 24.6. The lowest BCUT2D eigenvalue weighted by Crippen LogP contribution is -2.24. The molecular weight excluding hydrogens is 520 g/mol. The molecule has 0 unspecified atom stereocenters. The van der Waals surface area contributed by atoms with Gasteiger partial charge in [-0.15, -0.1) is 0 Å². The molecule has 0 aliphatic heterocycles. The first-order valence-electron chi connectivity index (χ1n) is 11.4. The number of para-hydroxylation sites is 3. The molecule has 0 saturated heterocycles. The highest BCUT2D eigenvalue weighted by molar-refractivity contribution is 9.10. The lowest BCUT2D eigenvalue weighted by atomic mass is 10.0. The van der Waals surface area contributed by atoms with Gasteiger partial charge in [0.25, 0.3) is 5.91 Å². The second-order valence-electron chi connectivity index (χ2n) is 8.31. The van der Waals surface area contributed by atoms with Gasteiger partial charge in [-0.3, -0.25) is 4.79 Å². The number of hydrogen-bond acceptors (Lipinski definition) is 5. The number of hydrazone groups is 1. The van der Waals surface area contributed by atoms with Gasteiger partial charge in [0.1, 0.15) is 30.5 Å². The van der Waals surface area contributed by atoms with Gasteiger partial charge in [0, 0.05) is 10.0 Å². The lowest BCUT2D eigenvalue weighted by Gasteiger charge is -2.11. The Morgan fingerprint density at radius 3 is 2.78 bits per heavy atom. The first-order chi connectivity index (χ1) is 17.5. The number of amides is 1. The van der Waals surface area contributed by atoms with Crippen LogP contribution in [0.1, 0.15) is 17.0 Å². The van der Waals surface area contributed by atoms with Crippen molar-refractivity contribution >= 4 is 49.9 Å². The molecule has 5 rings (SSSR count). The molecule has 4 aromatic carbocycles. The standard InChI is InChI=1S/C28H23BrN4O3/c1-18-6-2-5-9-26(18)36-17-27-31-23-7-3-4-8-24(23)33(27)16-28(35)32-30-15-22-21-12-11-20(29)14-19(21)10-13-25(22)34/h2-15,34H,16-17H2,1H3,(H,32,35)/b30-15+. The number of carbonyl (C=O) groups excluding carboxylic acids is 1. The summed E-state index contributed by atoms with van der Waals surface area (Å²) in [5, 5.41) is 16.2. The van der Waals surface area contributed by atoms with Crippen LogP contribution in [-0.2, 0) is 17.9 Å². The summed E-state index contributed by atoms with van der Waals surface area (Å²) in [7, 11) is 0. The van der Waals surface area contributed by atoms with E-state index in [2.05, 4.69) is 31.4 Å². The van der Waals surface area contributed by atoms with Crippen LogP contribution in [0.2, 0.25) is 0 Å². The number of aromatic nitrogens is 2. The van der Waals surface area contributed by atoms with Crippen LogP contribution in [0.5, 0.6) is 11.5 Å². The Labute approximate surface area is 216 Å². The number of phenols is 1. The third-order valence-corrected chi connectivity index (χ3v) is 6.36. The van der Waals surface area contributed by atoms with Crippen LogP contribution in [0.15, 0.2) is 88.4 Å². The van der Waals surface area contributed by atoms with Gasteiger partial charge < -0.3 is 14.4 Å². The normalized spacial score (nSPS) is 11.4. The van der Waals surface area contributed by atoms with E-state index in [4.69, 9.17) is 4.74 Å². The van der Waals surface area contributed by atoms with Crippen molar-refractivity contribution < 1.29 is 14.6 Å². The molecule has 2 N–H and O–H groups in total. The number of phenolic OH excluding ortho intramolecular Hbond substituents is 1. The Balaban J connectivity index is 1.35. The summed E-state index contributed by atoms with van der Waals surface area (Å²) in [5.41, 5.74) is 5.73. The monoisotopic (exact) mass is 542 g/mol. The molecule has 0 radical (unpaired) electrons. The molecule has 1 heterocycles. The second kappa shape index (κ2) is 10.2. The van der Waals surface area contributed by atoms with E-state index in [9.17, 15) is 9.90 Å². The Morgan fingerprint density at radius 1 is 1.11 bits per heavy atom. The summed E-state index contributed by atoms with van der Waals surface area (Å²) < 4.78 is 8.76. The Hall–Kier alpha value is -4.17. The highest BCUT2D eigenvalue weighted by atomic mass is 79.9. The number of halogens is 1. The van der Waals surface area contributed by atoms with Crippen molar-refractivity contribution in [2.24, 2.45) is 5.10 Å². The van der Waals surface area contributed by atoms with Crippen LogP contribution < -0.4 is 10.2 Å². The second-order valence-corrected chi connectivity index (χ2v) is 9.23. The molecule has 0 fully saturated rings. The molecule has 36 heavy (non-hydrogen) atoms. The third kappa shape index (κ3) is 4.94. The number of rotatable bonds is 7. The van der Waals surface area contributed by atoms with Gasteiger partial charge in [0.2, 0.25) is 0 Å². The molecule has 0 aliphatic rings. The molecule has 5 aromatic rings. The minimum Gasteiger partial charge on any atom is -0.507 e. The van der Waals surface area contributed by atoms with Gasteiger partial charge in [-0.2, -0.15) is 5.10 Å². The number of aryl methyl sites for hydroxylation is 1. The maximum atomic E-state index is 12.8. The lowest BCUT2D eigenvalue weighted by molar-refractivity contribution is -0.121. The zero-order valence-electron chi connectivity index (χ0n) is 19.5. The van der Waals surface area contributed by atoms with E-state index in [0.29, 0.717) is 11.4 Å². The largest absolute Gasteiger partial charge is 0.507 e. The molecule has 1 amide bonds. The molecule has 0 spiro atoms. The third-order valence-electron chi connectivity index (χ3n) is 5.87. The van der Waals surface area contributed by atoms with Crippen molar-refractivity contribution in [1.29, 1.82) is 0 Å². The number of carbonyl (C=O) groups is 1. The first kappa shape index (κ1) is 23.6. The van der Waals surface area contributed by atoms with Crippen LogP contribution in [0.3, 0.4) is 0 Å². The van der Waals surface area contributed by atoms with Gasteiger partial charge in [0.15, 0.2) is 0 Å². The van der Waals surface area contributed by atoms with Gasteiger partial charge in [-0.1, -0.05) is 58.4 Å². The van der Waals surface area contributed by atoms with Crippen molar-refractivity contribution in [2.75, 3.05) is 0 Å². The molecule has 7 nitrogen and oxygen atoms in total. The molecule has 0 bridgehead atoms. The van der Waals surface area contributed by atoms with E-state index in [1.165, 1.54) is 6.21 Å². The number of hydrogen-bond donors (Lipinski definition) is 2. The molecule has 180 valence electrons. The topological polar surface area (TPSA) is 88.7 Å². The highest BCUT2D eigenvalue weighted by Crippen LogP contribution is 2.28. The zero-order valence-corrected chi connectivity index (χ0v) is 21.1. The van der Waals surface area contributed by atoms with Crippen LogP contribution >= 0.6 is 15.9 Å². The predicted molar refractivity (Wildman–Crippen MR) is 144 cm³/mol. The molecular formula is C28H23BrN4O3. The van der Waals surface area contributed by atoms with Crippen LogP contribution in [0, 0.1) is 6.92 Å². The van der Waals surface area contributed by atoms with Gasteiger partial charge >= 0.3 is 0 Å². The summed E-state index contributed by atoms with van der Waals surface area (Å²) in [6.07, 6.45) is 1.46. The molecule has 0 atom stereocenters. The van der Waals surface area contributed by atoms with E-state index >= 15 is 0 Å². The quantitative estimate of drug-likeness (QED) is 0.204. The number of nitrogens with zero attached hydrogens (tertiary/aromatic N) is 3. The summed E-state index contributed by atoms with van der Waals surface area (Å²) in [4.78, 5) is 17.5. The van der Waals surface area contributed by atoms with E-state index in [-0.39, 0.29) is 24.8 Å². The Bertz CT molecular complexity index is 1610. The SMILES string of the molecule is Cc1ccccc1OCc1nc2ccccc2n1CC(=O)N/N=C/c1c(O)ccc2cc(Br)ccc12. The van der Waals surface area contributed by atoms with Crippen molar-refractivity contribution in [3.8, 4) is 11.5 Å². The number of aromatic hydroxyl groups is 1. The van der Waals surface area contributed by atoms with Gasteiger partial charge in [-0.05, 0) is 59.7 Å². The summed E-state index contributed by atoms with van der Waals surface area (Å²) >= 11 is 3.46. The number of imidazole rings is 1. The molecule has 0 aliphatic carbocycles. The van der Waals surface area contributed by atoms with Crippen LogP contribution in [0.4, 0.5) is 0 Å². The van der Waals surface area contributed by atoms with E-state index < -0.39 is 0 Å². The molecule has 8 heteroatoms. The van der Waals surface area contributed by atoms with E-state index in [0.717, 1.165) is 37.6 Å². The van der Waals surface area contributed by atoms with Crippen molar-refractivity contribution in [2.45, 2.75) is 20.1 Å². The average Bonchev–Trinajstić information content (AvgIpc) is 3.22. The molecule has 0 saturated carbocycles. The minimum atomic E-state index is -0.325. The zero-order chi connectivity index (χ0) is 25.1. The van der Waals surface area contributed by atoms with E-state index in [1.807, 2.05) is 84.3 Å². The number of fused-ring (bicyclic) bond motifs is 2. The highest BCUT2D eigenvalue weighted by Gasteiger charge is 2.14. The van der Waals surface area contributed by atoms with Crippen LogP contribution in [-0.4, -0.2) is 26.8 Å². The predicted octanol–water partition coefficient (Wildman–Crippen LogP) is 5.70. The fraction of sp³-hybridized carbons (Fsp3) is 0.107. The smallest absolute Gasteiger partial charge is 0.260 e. The van der Waals surface area contributed by atoms with Gasteiger partial charge in [0.05, 0.1) is 17.2 Å². The minimum absolute atomic E-state index is 0.0127. The Kier molecular flexibility index (Phi) is 6.69. The fourth-order valence-corrected chi connectivity index (χ4v) is 4.45.